The van der Waals surface area contributed by atoms with Crippen molar-refractivity contribution in [1.82, 2.24) is 14.7 Å². The second kappa shape index (κ2) is 6.37. The number of sulfonamides is 1. The van der Waals surface area contributed by atoms with Crippen molar-refractivity contribution in [2.24, 2.45) is 0 Å². The lowest BCUT2D eigenvalue weighted by Crippen LogP contribution is -2.42. The Labute approximate surface area is 126 Å². The van der Waals surface area contributed by atoms with Gasteiger partial charge in [-0.3, -0.25) is 4.79 Å². The molecule has 0 bridgehead atoms. The summed E-state index contributed by atoms with van der Waals surface area (Å²) in [5.74, 6) is -1.24. The van der Waals surface area contributed by atoms with E-state index < -0.39 is 22.0 Å². The summed E-state index contributed by atoms with van der Waals surface area (Å²) in [5, 5.41) is 9.18. The average Bonchev–Trinajstić information content (AvgIpc) is 3.08. The van der Waals surface area contributed by atoms with Crippen molar-refractivity contribution in [2.45, 2.75) is 30.0 Å². The Hall–Kier alpha value is -1.71. The predicted octanol–water partition coefficient (Wildman–Crippen LogP) is 1.01. The Morgan fingerprint density at radius 2 is 2.29 bits per heavy atom. The predicted molar refractivity (Wildman–Crippen MR) is 77.7 cm³/mol. The number of hydrogen-bond acceptors (Lipinski definition) is 5. The van der Waals surface area contributed by atoms with Crippen LogP contribution in [0.25, 0.3) is 0 Å². The molecule has 1 atom stereocenters. The maximum Gasteiger partial charge on any atom is 0.322 e. The largest absolute Gasteiger partial charge is 0.480 e. The highest BCUT2D eigenvalue weighted by atomic mass is 32.2. The summed E-state index contributed by atoms with van der Waals surface area (Å²) in [4.78, 5) is 18.7. The number of rotatable bonds is 7. The minimum Gasteiger partial charge on any atom is -0.480 e. The molecule has 0 amide bonds. The molecule has 2 aromatic rings. The monoisotopic (exact) mass is 329 g/mol. The summed E-state index contributed by atoms with van der Waals surface area (Å²) in [6.45, 7) is 1.92. The van der Waals surface area contributed by atoms with Crippen molar-refractivity contribution >= 4 is 27.3 Å². The number of nitrogens with one attached hydrogen (secondary N) is 2. The summed E-state index contributed by atoms with van der Waals surface area (Å²) in [7, 11) is -3.84. The van der Waals surface area contributed by atoms with Gasteiger partial charge >= 0.3 is 5.97 Å². The van der Waals surface area contributed by atoms with E-state index in [4.69, 9.17) is 0 Å². The van der Waals surface area contributed by atoms with Crippen molar-refractivity contribution in [3.05, 3.63) is 35.2 Å². The van der Waals surface area contributed by atoms with Gasteiger partial charge in [0.25, 0.3) is 10.0 Å². The zero-order valence-corrected chi connectivity index (χ0v) is 12.9. The Bertz CT molecular complexity index is 707. The van der Waals surface area contributed by atoms with E-state index in [9.17, 15) is 18.3 Å². The van der Waals surface area contributed by atoms with Gasteiger partial charge in [-0.1, -0.05) is 6.92 Å². The fourth-order valence-electron chi connectivity index (χ4n) is 1.73. The van der Waals surface area contributed by atoms with Gasteiger partial charge in [-0.2, -0.15) is 4.72 Å². The summed E-state index contributed by atoms with van der Waals surface area (Å²) in [6.07, 6.45) is 3.61. The molecule has 0 spiro atoms. The molecule has 7 nitrogen and oxygen atoms in total. The third-order valence-corrected chi connectivity index (χ3v) is 6.02. The zero-order valence-electron chi connectivity index (χ0n) is 11.2. The Kier molecular flexibility index (Phi) is 4.76. The van der Waals surface area contributed by atoms with Crippen molar-refractivity contribution in [3.8, 4) is 0 Å². The summed E-state index contributed by atoms with van der Waals surface area (Å²) >= 11 is 1.14. The van der Waals surface area contributed by atoms with Crippen molar-refractivity contribution in [1.29, 1.82) is 0 Å². The van der Waals surface area contributed by atoms with Gasteiger partial charge in [0.2, 0.25) is 0 Å². The first-order valence-electron chi connectivity index (χ1n) is 6.23. The number of H-pyrrole nitrogens is 1. The topological polar surface area (TPSA) is 112 Å². The quantitative estimate of drug-likeness (QED) is 0.702. The molecule has 2 aromatic heterocycles. The third-order valence-electron chi connectivity index (χ3n) is 2.82. The molecule has 9 heteroatoms. The standard InChI is InChI=1S/C12H15N3O4S2/c1-2-9-3-4-11(20-9)21(18,19)15-10(12(16)17)5-8-6-13-7-14-8/h3-4,6-7,10,15H,2,5H2,1H3,(H,13,14)(H,16,17)/t10-/m1/s1. The number of carboxylic acids is 1. The van der Waals surface area contributed by atoms with Gasteiger partial charge in [0.15, 0.2) is 0 Å². The highest BCUT2D eigenvalue weighted by Gasteiger charge is 2.27. The smallest absolute Gasteiger partial charge is 0.322 e. The second-order valence-electron chi connectivity index (χ2n) is 4.37. The number of aromatic amines is 1. The van der Waals surface area contributed by atoms with Crippen LogP contribution in [0.15, 0.2) is 28.9 Å². The Morgan fingerprint density at radius 1 is 1.52 bits per heavy atom. The lowest BCUT2D eigenvalue weighted by atomic mass is 10.2. The molecule has 0 unspecified atom stereocenters. The van der Waals surface area contributed by atoms with E-state index in [1.165, 1.54) is 18.6 Å². The summed E-state index contributed by atoms with van der Waals surface area (Å²) < 4.78 is 26.8. The second-order valence-corrected chi connectivity index (χ2v) is 7.48. The number of imidazole rings is 1. The molecule has 114 valence electrons. The minimum atomic E-state index is -3.84. The molecule has 0 saturated heterocycles. The fraction of sp³-hybridized carbons (Fsp3) is 0.333. The number of nitrogens with zero attached hydrogens (tertiary/aromatic N) is 1. The van der Waals surface area contributed by atoms with E-state index in [0.29, 0.717) is 5.69 Å². The summed E-state index contributed by atoms with van der Waals surface area (Å²) in [6, 6.07) is 1.97. The maximum atomic E-state index is 12.2. The average molecular weight is 329 g/mol. The lowest BCUT2D eigenvalue weighted by molar-refractivity contribution is -0.138. The van der Waals surface area contributed by atoms with Crippen LogP contribution in [-0.4, -0.2) is 35.5 Å². The Balaban J connectivity index is 2.17. The van der Waals surface area contributed by atoms with E-state index in [2.05, 4.69) is 14.7 Å². The zero-order chi connectivity index (χ0) is 15.5. The van der Waals surface area contributed by atoms with Crippen LogP contribution in [0, 0.1) is 0 Å². The van der Waals surface area contributed by atoms with Gasteiger partial charge in [0, 0.05) is 23.2 Å². The minimum absolute atomic E-state index is 0.000569. The molecule has 0 aliphatic heterocycles. The van der Waals surface area contributed by atoms with E-state index in [1.807, 2.05) is 6.92 Å². The molecule has 0 fully saturated rings. The van der Waals surface area contributed by atoms with E-state index in [-0.39, 0.29) is 10.6 Å². The molecule has 2 heterocycles. The molecule has 0 saturated carbocycles. The molecule has 0 aliphatic carbocycles. The van der Waals surface area contributed by atoms with Gasteiger partial charge < -0.3 is 10.1 Å². The van der Waals surface area contributed by atoms with Gasteiger partial charge in [0.1, 0.15) is 10.3 Å². The number of thiophene rings is 1. The van der Waals surface area contributed by atoms with Crippen LogP contribution < -0.4 is 4.72 Å². The SMILES string of the molecule is CCc1ccc(S(=O)(=O)N[C@H](Cc2cnc[nH]2)C(=O)O)s1. The highest BCUT2D eigenvalue weighted by molar-refractivity contribution is 7.91. The van der Waals surface area contributed by atoms with Crippen LogP contribution in [0.4, 0.5) is 0 Å². The van der Waals surface area contributed by atoms with Crippen molar-refractivity contribution in [3.63, 3.8) is 0 Å². The number of carbonyl (C=O) groups is 1. The third kappa shape index (κ3) is 3.90. The molecule has 3 N–H and O–H groups in total. The van der Waals surface area contributed by atoms with Crippen molar-refractivity contribution < 1.29 is 18.3 Å². The maximum absolute atomic E-state index is 12.2. The fourth-order valence-corrected chi connectivity index (χ4v) is 4.23. The van der Waals surface area contributed by atoms with Crippen LogP contribution in [0.3, 0.4) is 0 Å². The van der Waals surface area contributed by atoms with Gasteiger partial charge in [0.05, 0.1) is 6.33 Å². The number of aryl methyl sites for hydroxylation is 1. The van der Waals surface area contributed by atoms with Crippen LogP contribution in [0.2, 0.25) is 0 Å². The van der Waals surface area contributed by atoms with E-state index in [1.54, 1.807) is 6.07 Å². The molecule has 21 heavy (non-hydrogen) atoms. The van der Waals surface area contributed by atoms with Crippen molar-refractivity contribution in [2.75, 3.05) is 0 Å². The van der Waals surface area contributed by atoms with Gasteiger partial charge in [-0.15, -0.1) is 11.3 Å². The first kappa shape index (κ1) is 15.7. The summed E-state index contributed by atoms with van der Waals surface area (Å²) in [5.41, 5.74) is 0.547. The number of hydrogen-bond donors (Lipinski definition) is 3. The highest BCUT2D eigenvalue weighted by Crippen LogP contribution is 2.22. The molecular formula is C12H15N3O4S2. The number of carboxylic acid groups (broad SMARTS) is 1. The first-order valence-corrected chi connectivity index (χ1v) is 8.53. The Morgan fingerprint density at radius 3 is 2.81 bits per heavy atom. The molecular weight excluding hydrogens is 314 g/mol. The van der Waals surface area contributed by atoms with Crippen LogP contribution in [-0.2, 0) is 27.7 Å². The molecule has 0 aromatic carbocycles. The number of aromatic nitrogens is 2. The van der Waals surface area contributed by atoms with Crippen LogP contribution in [0.5, 0.6) is 0 Å². The lowest BCUT2D eigenvalue weighted by Gasteiger charge is -2.13. The van der Waals surface area contributed by atoms with Gasteiger partial charge in [-0.05, 0) is 18.6 Å². The van der Waals surface area contributed by atoms with Crippen LogP contribution in [0.1, 0.15) is 17.5 Å². The van der Waals surface area contributed by atoms with E-state index >= 15 is 0 Å². The van der Waals surface area contributed by atoms with E-state index in [0.717, 1.165) is 22.6 Å². The first-order chi connectivity index (χ1) is 9.92. The van der Waals surface area contributed by atoms with Crippen LogP contribution >= 0.6 is 11.3 Å². The molecule has 0 aliphatic rings. The number of aliphatic carboxylic acids is 1. The molecule has 0 radical (unpaired) electrons. The normalized spacial score (nSPS) is 13.2. The van der Waals surface area contributed by atoms with Gasteiger partial charge in [-0.25, -0.2) is 13.4 Å². The molecule has 2 rings (SSSR count).